The van der Waals surface area contributed by atoms with Crippen molar-refractivity contribution < 1.29 is 4.74 Å². The Bertz CT molecular complexity index is 503. The molecule has 0 aliphatic rings. The molecule has 2 heterocycles. The van der Waals surface area contributed by atoms with Gasteiger partial charge in [-0.05, 0) is 35.0 Å². The summed E-state index contributed by atoms with van der Waals surface area (Å²) in [5.74, 6) is 6.44. The lowest BCUT2D eigenvalue weighted by molar-refractivity contribution is 0.400. The number of methoxy groups -OCH3 is 1. The highest BCUT2D eigenvalue weighted by Gasteiger charge is 2.23. The van der Waals surface area contributed by atoms with Crippen molar-refractivity contribution in [3.05, 3.63) is 32.7 Å². The van der Waals surface area contributed by atoms with Crippen LogP contribution in [-0.4, -0.2) is 16.9 Å². The fourth-order valence-corrected chi connectivity index (χ4v) is 3.35. The van der Waals surface area contributed by atoms with Crippen LogP contribution < -0.4 is 16.0 Å². The standard InChI is InChI=1S/C11H15BrN4OS/c1-3-16-11(7(17-2)6-14-16)10(15-13)8-4-5-9(12)18-8/h4-6,10,15H,3,13H2,1-2H3. The average molecular weight is 331 g/mol. The molecule has 2 aromatic rings. The molecule has 0 saturated heterocycles. The summed E-state index contributed by atoms with van der Waals surface area (Å²) in [4.78, 5) is 1.11. The molecule has 1 unspecified atom stereocenters. The van der Waals surface area contributed by atoms with Crippen LogP contribution in [0.3, 0.4) is 0 Å². The average Bonchev–Trinajstić information content (AvgIpc) is 2.97. The number of thiophene rings is 1. The summed E-state index contributed by atoms with van der Waals surface area (Å²) in [6.07, 6.45) is 1.71. The first-order valence-electron chi connectivity index (χ1n) is 5.52. The Morgan fingerprint density at radius 1 is 1.61 bits per heavy atom. The summed E-state index contributed by atoms with van der Waals surface area (Å²) in [5.41, 5.74) is 3.77. The molecule has 0 radical (unpaired) electrons. The van der Waals surface area contributed by atoms with Gasteiger partial charge in [0, 0.05) is 11.4 Å². The van der Waals surface area contributed by atoms with E-state index in [1.165, 1.54) is 0 Å². The van der Waals surface area contributed by atoms with Crippen molar-refractivity contribution >= 4 is 27.3 Å². The van der Waals surface area contributed by atoms with E-state index in [2.05, 4.69) is 26.5 Å². The smallest absolute Gasteiger partial charge is 0.162 e. The summed E-state index contributed by atoms with van der Waals surface area (Å²) in [6, 6.07) is 3.91. The first kappa shape index (κ1) is 13.5. The van der Waals surface area contributed by atoms with Crippen LogP contribution in [-0.2, 0) is 6.54 Å². The largest absolute Gasteiger partial charge is 0.493 e. The fraction of sp³-hybridized carbons (Fsp3) is 0.364. The van der Waals surface area contributed by atoms with Crippen molar-refractivity contribution in [1.29, 1.82) is 0 Å². The highest BCUT2D eigenvalue weighted by Crippen LogP contribution is 2.34. The van der Waals surface area contributed by atoms with Crippen LogP contribution in [0.1, 0.15) is 23.5 Å². The van der Waals surface area contributed by atoms with E-state index in [-0.39, 0.29) is 6.04 Å². The van der Waals surface area contributed by atoms with Gasteiger partial charge in [-0.2, -0.15) is 5.10 Å². The Balaban J connectivity index is 2.46. The number of ether oxygens (including phenoxy) is 1. The predicted octanol–water partition coefficient (Wildman–Crippen LogP) is 2.29. The minimum absolute atomic E-state index is 0.126. The Morgan fingerprint density at radius 3 is 2.89 bits per heavy atom. The summed E-state index contributed by atoms with van der Waals surface area (Å²) in [7, 11) is 1.64. The highest BCUT2D eigenvalue weighted by molar-refractivity contribution is 9.11. The molecule has 0 amide bonds. The number of hydrogen-bond acceptors (Lipinski definition) is 5. The van der Waals surface area contributed by atoms with Gasteiger partial charge in [0.1, 0.15) is 11.7 Å². The summed E-state index contributed by atoms with van der Waals surface area (Å²) >= 11 is 5.09. The van der Waals surface area contributed by atoms with Crippen LogP contribution in [0.2, 0.25) is 0 Å². The highest BCUT2D eigenvalue weighted by atomic mass is 79.9. The van der Waals surface area contributed by atoms with Crippen molar-refractivity contribution in [2.75, 3.05) is 7.11 Å². The van der Waals surface area contributed by atoms with Crippen LogP contribution >= 0.6 is 27.3 Å². The zero-order chi connectivity index (χ0) is 13.1. The van der Waals surface area contributed by atoms with Gasteiger partial charge < -0.3 is 4.74 Å². The second-order valence-corrected chi connectivity index (χ2v) is 6.15. The molecule has 18 heavy (non-hydrogen) atoms. The number of hydrazine groups is 1. The molecular weight excluding hydrogens is 316 g/mol. The van der Waals surface area contributed by atoms with Gasteiger partial charge in [0.05, 0.1) is 17.1 Å². The van der Waals surface area contributed by atoms with E-state index < -0.39 is 0 Å². The van der Waals surface area contributed by atoms with Gasteiger partial charge in [-0.15, -0.1) is 11.3 Å². The zero-order valence-corrected chi connectivity index (χ0v) is 12.6. The Morgan fingerprint density at radius 2 is 2.39 bits per heavy atom. The molecule has 0 bridgehead atoms. The van der Waals surface area contributed by atoms with Gasteiger partial charge in [0.25, 0.3) is 0 Å². The lowest BCUT2D eigenvalue weighted by Crippen LogP contribution is -2.30. The van der Waals surface area contributed by atoms with Crippen LogP contribution in [0.5, 0.6) is 5.75 Å². The molecule has 98 valence electrons. The van der Waals surface area contributed by atoms with E-state index in [0.29, 0.717) is 0 Å². The molecule has 0 fully saturated rings. The molecule has 7 heteroatoms. The van der Waals surface area contributed by atoms with Crippen LogP contribution in [0, 0.1) is 0 Å². The van der Waals surface area contributed by atoms with Gasteiger partial charge in [0.15, 0.2) is 5.75 Å². The lowest BCUT2D eigenvalue weighted by Gasteiger charge is -2.17. The Hall–Kier alpha value is -0.890. The first-order valence-corrected chi connectivity index (χ1v) is 7.13. The van der Waals surface area contributed by atoms with E-state index in [0.717, 1.165) is 26.7 Å². The molecule has 2 aromatic heterocycles. The van der Waals surface area contributed by atoms with Crippen molar-refractivity contribution in [3.63, 3.8) is 0 Å². The summed E-state index contributed by atoms with van der Waals surface area (Å²) < 4.78 is 8.31. The molecule has 0 saturated carbocycles. The third-order valence-corrected chi connectivity index (χ3v) is 4.37. The van der Waals surface area contributed by atoms with Gasteiger partial charge in [-0.25, -0.2) is 5.43 Å². The van der Waals surface area contributed by atoms with E-state index in [1.807, 2.05) is 23.7 Å². The third kappa shape index (κ3) is 2.44. The van der Waals surface area contributed by atoms with Crippen molar-refractivity contribution in [2.24, 2.45) is 5.84 Å². The van der Waals surface area contributed by atoms with Crippen molar-refractivity contribution in [2.45, 2.75) is 19.5 Å². The fourth-order valence-electron chi connectivity index (χ4n) is 1.86. The molecule has 5 nitrogen and oxygen atoms in total. The van der Waals surface area contributed by atoms with Gasteiger partial charge >= 0.3 is 0 Å². The Kier molecular flexibility index (Phi) is 4.39. The quantitative estimate of drug-likeness (QED) is 0.652. The van der Waals surface area contributed by atoms with Crippen molar-refractivity contribution in [3.8, 4) is 5.75 Å². The maximum absolute atomic E-state index is 5.70. The summed E-state index contributed by atoms with van der Waals surface area (Å²) in [5, 5.41) is 4.30. The third-order valence-electron chi connectivity index (χ3n) is 2.68. The second-order valence-electron chi connectivity index (χ2n) is 3.66. The van der Waals surface area contributed by atoms with E-state index >= 15 is 0 Å². The van der Waals surface area contributed by atoms with Crippen LogP contribution in [0.15, 0.2) is 22.1 Å². The minimum atomic E-state index is -0.126. The molecule has 0 aliphatic heterocycles. The molecular formula is C11H15BrN4OS. The van der Waals surface area contributed by atoms with Crippen LogP contribution in [0.4, 0.5) is 0 Å². The number of nitrogens with one attached hydrogen (secondary N) is 1. The predicted molar refractivity (Wildman–Crippen MR) is 75.6 cm³/mol. The number of rotatable bonds is 5. The number of aromatic nitrogens is 2. The van der Waals surface area contributed by atoms with Gasteiger partial charge in [-0.1, -0.05) is 0 Å². The maximum atomic E-state index is 5.70. The van der Waals surface area contributed by atoms with Gasteiger partial charge in [0.2, 0.25) is 0 Å². The number of nitrogens with two attached hydrogens (primary N) is 1. The number of hydrogen-bond donors (Lipinski definition) is 2. The Labute approximate surface area is 118 Å². The van der Waals surface area contributed by atoms with Crippen molar-refractivity contribution in [1.82, 2.24) is 15.2 Å². The van der Waals surface area contributed by atoms with Gasteiger partial charge in [-0.3, -0.25) is 10.5 Å². The lowest BCUT2D eigenvalue weighted by atomic mass is 10.1. The second kappa shape index (κ2) is 5.83. The number of nitrogens with zero attached hydrogens (tertiary/aromatic N) is 2. The van der Waals surface area contributed by atoms with E-state index in [4.69, 9.17) is 10.6 Å². The SMILES string of the molecule is CCn1ncc(OC)c1C(NN)c1ccc(Br)s1. The molecule has 0 spiro atoms. The monoisotopic (exact) mass is 330 g/mol. The topological polar surface area (TPSA) is 65.1 Å². The number of aryl methyl sites for hydroxylation is 1. The molecule has 1 atom stereocenters. The number of halogens is 1. The van der Waals surface area contributed by atoms with E-state index in [9.17, 15) is 0 Å². The minimum Gasteiger partial charge on any atom is -0.493 e. The summed E-state index contributed by atoms with van der Waals surface area (Å²) in [6.45, 7) is 2.80. The van der Waals surface area contributed by atoms with Crippen LogP contribution in [0.25, 0.3) is 0 Å². The first-order chi connectivity index (χ1) is 8.71. The molecule has 2 rings (SSSR count). The molecule has 3 N–H and O–H groups in total. The maximum Gasteiger partial charge on any atom is 0.162 e. The molecule has 0 aromatic carbocycles. The zero-order valence-electron chi connectivity index (χ0n) is 10.2. The molecule has 0 aliphatic carbocycles. The van der Waals surface area contributed by atoms with E-state index in [1.54, 1.807) is 24.6 Å². The normalized spacial score (nSPS) is 12.7.